The van der Waals surface area contributed by atoms with Crippen LogP contribution >= 0.6 is 0 Å². The van der Waals surface area contributed by atoms with E-state index in [1.807, 2.05) is 54.7 Å². The van der Waals surface area contributed by atoms with Crippen molar-refractivity contribution in [2.45, 2.75) is 0 Å². The van der Waals surface area contributed by atoms with E-state index in [-0.39, 0.29) is 5.69 Å². The third-order valence-electron chi connectivity index (χ3n) is 3.04. The van der Waals surface area contributed by atoms with Gasteiger partial charge in [0.25, 0.3) is 0 Å². The lowest BCUT2D eigenvalue weighted by Gasteiger charge is -1.92. The molecule has 0 fully saturated rings. The molecule has 4 aromatic rings. The lowest BCUT2D eigenvalue weighted by Crippen LogP contribution is -2.07. The first-order chi connectivity index (χ1) is 10.3. The molecule has 2 heterocycles. The number of nitrogens with zero attached hydrogens (tertiary/aromatic N) is 2. The molecule has 2 aromatic heterocycles. The minimum atomic E-state index is -0.302. The van der Waals surface area contributed by atoms with Crippen molar-refractivity contribution in [3.05, 3.63) is 83.5 Å². The fraction of sp³-hybridized carbons (Fsp3) is 0. The van der Waals surface area contributed by atoms with Crippen LogP contribution in [0.1, 0.15) is 0 Å². The maximum atomic E-state index is 10.7. The highest BCUT2D eigenvalue weighted by Crippen LogP contribution is 2.08. The van der Waals surface area contributed by atoms with Crippen LogP contribution in [-0.2, 0) is 0 Å². The van der Waals surface area contributed by atoms with Gasteiger partial charge in [-0.1, -0.05) is 42.5 Å². The van der Waals surface area contributed by atoms with Crippen LogP contribution in [0, 0.1) is 0 Å². The van der Waals surface area contributed by atoms with Crippen LogP contribution in [0.3, 0.4) is 0 Å². The summed E-state index contributed by atoms with van der Waals surface area (Å²) in [5, 5.41) is 2.15. The fourth-order valence-electron chi connectivity index (χ4n) is 2.02. The molecule has 0 bridgehead atoms. The average Bonchev–Trinajstić information content (AvgIpc) is 2.55. The highest BCUT2D eigenvalue weighted by atomic mass is 16.1. The average molecular weight is 275 g/mol. The van der Waals surface area contributed by atoms with Gasteiger partial charge in [-0.3, -0.25) is 4.98 Å². The minimum absolute atomic E-state index is 0.302. The molecule has 2 aromatic carbocycles. The van der Waals surface area contributed by atoms with Crippen LogP contribution in [-0.4, -0.2) is 15.0 Å². The van der Waals surface area contributed by atoms with Crippen molar-refractivity contribution < 1.29 is 0 Å². The molecule has 0 spiro atoms. The molecule has 4 heteroatoms. The van der Waals surface area contributed by atoms with Gasteiger partial charge in [0.2, 0.25) is 0 Å². The highest BCUT2D eigenvalue weighted by Gasteiger charge is 1.90. The summed E-state index contributed by atoms with van der Waals surface area (Å²) in [6, 6.07) is 19.6. The van der Waals surface area contributed by atoms with E-state index in [9.17, 15) is 4.79 Å². The zero-order chi connectivity index (χ0) is 14.5. The maximum Gasteiger partial charge on any atom is 0.345 e. The Morgan fingerprint density at radius 2 is 1.48 bits per heavy atom. The van der Waals surface area contributed by atoms with Crippen LogP contribution in [0.25, 0.3) is 21.8 Å². The quantitative estimate of drug-likeness (QED) is 0.536. The summed E-state index contributed by atoms with van der Waals surface area (Å²) in [6.45, 7) is 0. The van der Waals surface area contributed by atoms with E-state index in [4.69, 9.17) is 0 Å². The number of fused-ring (bicyclic) bond motifs is 2. The van der Waals surface area contributed by atoms with Crippen LogP contribution in [0.4, 0.5) is 0 Å². The summed E-state index contributed by atoms with van der Waals surface area (Å²) in [7, 11) is 0. The van der Waals surface area contributed by atoms with Gasteiger partial charge in [0.05, 0.1) is 11.0 Å². The Bertz CT molecular complexity index is 866. The number of pyridine rings is 1. The molecule has 0 radical (unpaired) electrons. The summed E-state index contributed by atoms with van der Waals surface area (Å²) in [6.07, 6.45) is 3.37. The zero-order valence-electron chi connectivity index (χ0n) is 11.2. The van der Waals surface area contributed by atoms with E-state index in [1.165, 1.54) is 5.39 Å². The summed E-state index contributed by atoms with van der Waals surface area (Å²) in [5.74, 6) is 0. The second-order valence-electron chi connectivity index (χ2n) is 4.47. The van der Waals surface area contributed by atoms with Gasteiger partial charge in [0.1, 0.15) is 0 Å². The molecule has 1 N–H and O–H groups in total. The molecule has 0 saturated carbocycles. The first-order valence-corrected chi connectivity index (χ1v) is 6.57. The summed E-state index contributed by atoms with van der Waals surface area (Å²) in [4.78, 5) is 21.1. The first kappa shape index (κ1) is 13.0. The molecule has 0 aliphatic rings. The van der Waals surface area contributed by atoms with Gasteiger partial charge in [-0.2, -0.15) is 0 Å². The summed E-state index contributed by atoms with van der Waals surface area (Å²) >= 11 is 0. The standard InChI is InChI=1S/C9H7N.C8H6N2O/c1-2-6-9-8(4-1)5-3-7-10-9;11-8-9-5-6-3-1-2-4-7(6)10-8/h1-7H;1-5H,(H,9,10,11). The Kier molecular flexibility index (Phi) is 3.69. The van der Waals surface area contributed by atoms with E-state index in [0.717, 1.165) is 16.4 Å². The second-order valence-corrected chi connectivity index (χ2v) is 4.47. The number of H-pyrrole nitrogens is 1. The van der Waals surface area contributed by atoms with Gasteiger partial charge in [0, 0.05) is 23.2 Å². The Balaban J connectivity index is 0.000000126. The second kappa shape index (κ2) is 5.96. The topological polar surface area (TPSA) is 58.6 Å². The Hall–Kier alpha value is -3.01. The van der Waals surface area contributed by atoms with E-state index in [0.29, 0.717) is 0 Å². The third kappa shape index (κ3) is 3.12. The summed E-state index contributed by atoms with van der Waals surface area (Å²) < 4.78 is 0. The van der Waals surface area contributed by atoms with Crippen molar-refractivity contribution >= 4 is 21.8 Å². The monoisotopic (exact) mass is 275 g/mol. The number of rotatable bonds is 0. The van der Waals surface area contributed by atoms with Crippen molar-refractivity contribution in [2.75, 3.05) is 0 Å². The molecule has 21 heavy (non-hydrogen) atoms. The first-order valence-electron chi connectivity index (χ1n) is 6.57. The largest absolute Gasteiger partial charge is 0.345 e. The third-order valence-corrected chi connectivity index (χ3v) is 3.04. The van der Waals surface area contributed by atoms with Crippen molar-refractivity contribution in [1.29, 1.82) is 0 Å². The van der Waals surface area contributed by atoms with Gasteiger partial charge in [0.15, 0.2) is 0 Å². The molecular weight excluding hydrogens is 262 g/mol. The Morgan fingerprint density at radius 3 is 2.33 bits per heavy atom. The predicted octanol–water partition coefficient (Wildman–Crippen LogP) is 3.16. The van der Waals surface area contributed by atoms with Crippen LogP contribution in [0.2, 0.25) is 0 Å². The molecule has 0 unspecified atom stereocenters. The van der Waals surface area contributed by atoms with Crippen LogP contribution in [0.15, 0.2) is 77.9 Å². The van der Waals surface area contributed by atoms with Crippen molar-refractivity contribution in [2.24, 2.45) is 0 Å². The van der Waals surface area contributed by atoms with Crippen molar-refractivity contribution in [1.82, 2.24) is 15.0 Å². The molecule has 0 amide bonds. The van der Waals surface area contributed by atoms with Crippen molar-refractivity contribution in [3.8, 4) is 0 Å². The molecular formula is C17H13N3O. The lowest BCUT2D eigenvalue weighted by atomic mass is 10.2. The van der Waals surface area contributed by atoms with Gasteiger partial charge < -0.3 is 4.98 Å². The number of aromatic nitrogens is 3. The minimum Gasteiger partial charge on any atom is -0.305 e. The van der Waals surface area contributed by atoms with Gasteiger partial charge in [-0.25, -0.2) is 9.78 Å². The molecule has 0 saturated heterocycles. The Morgan fingerprint density at radius 1 is 0.762 bits per heavy atom. The SMILES string of the molecule is O=c1ncc2ccccc2[nH]1.c1ccc2ncccc2c1. The van der Waals surface area contributed by atoms with Crippen molar-refractivity contribution in [3.63, 3.8) is 0 Å². The summed E-state index contributed by atoms with van der Waals surface area (Å²) in [5.41, 5.74) is 1.58. The number of hydrogen-bond donors (Lipinski definition) is 1. The fourth-order valence-corrected chi connectivity index (χ4v) is 2.02. The number of benzene rings is 2. The molecule has 0 aliphatic heterocycles. The number of hydrogen-bond acceptors (Lipinski definition) is 3. The zero-order valence-corrected chi connectivity index (χ0v) is 11.2. The Labute approximate surface area is 121 Å². The molecule has 4 rings (SSSR count). The smallest absolute Gasteiger partial charge is 0.305 e. The number of para-hydroxylation sites is 2. The van der Waals surface area contributed by atoms with Crippen LogP contribution < -0.4 is 5.69 Å². The number of nitrogens with one attached hydrogen (secondary N) is 1. The molecule has 102 valence electrons. The maximum absolute atomic E-state index is 10.7. The normalized spacial score (nSPS) is 10.1. The van der Waals surface area contributed by atoms with E-state index in [2.05, 4.69) is 27.1 Å². The highest BCUT2D eigenvalue weighted by molar-refractivity contribution is 5.78. The molecule has 0 atom stereocenters. The number of aromatic amines is 1. The molecule has 4 nitrogen and oxygen atoms in total. The van der Waals surface area contributed by atoms with Gasteiger partial charge in [-0.05, 0) is 18.2 Å². The van der Waals surface area contributed by atoms with E-state index in [1.54, 1.807) is 6.20 Å². The molecule has 0 aliphatic carbocycles. The lowest BCUT2D eigenvalue weighted by molar-refractivity contribution is 1.12. The van der Waals surface area contributed by atoms with E-state index < -0.39 is 0 Å². The van der Waals surface area contributed by atoms with E-state index >= 15 is 0 Å². The van der Waals surface area contributed by atoms with Gasteiger partial charge in [-0.15, -0.1) is 0 Å². The predicted molar refractivity (Wildman–Crippen MR) is 84.1 cm³/mol. The van der Waals surface area contributed by atoms with Gasteiger partial charge >= 0.3 is 5.69 Å². The van der Waals surface area contributed by atoms with Crippen LogP contribution in [0.5, 0.6) is 0 Å².